The molecule has 0 bridgehead atoms. The molecule has 4 heteroatoms. The number of nitrogens with zero attached hydrogens (tertiary/aromatic N) is 1. The summed E-state index contributed by atoms with van der Waals surface area (Å²) < 4.78 is 0. The molecular formula is C21H19NO3. The third-order valence-electron chi connectivity index (χ3n) is 3.82. The normalized spacial score (nSPS) is 12.0. The van der Waals surface area contributed by atoms with Crippen LogP contribution in [0.1, 0.15) is 29.5 Å². The Morgan fingerprint density at radius 1 is 1.20 bits per heavy atom. The van der Waals surface area contributed by atoms with Gasteiger partial charge in [-0.05, 0) is 43.0 Å². The predicted octanol–water partition coefficient (Wildman–Crippen LogP) is 3.92. The fourth-order valence-electron chi connectivity index (χ4n) is 2.63. The molecule has 0 aliphatic rings. The van der Waals surface area contributed by atoms with Crippen molar-refractivity contribution in [2.75, 3.05) is 6.54 Å². The van der Waals surface area contributed by atoms with Gasteiger partial charge < -0.3 is 0 Å². The molecule has 2 rings (SSSR count). The number of carbonyl (C=O) groups is 1. The Hall–Kier alpha value is -3.19. The van der Waals surface area contributed by atoms with E-state index in [4.69, 9.17) is 0 Å². The molecule has 0 heterocycles. The second-order valence-electron chi connectivity index (χ2n) is 5.67. The molecule has 4 nitrogen and oxygen atoms in total. The molecule has 0 aromatic heterocycles. The minimum absolute atomic E-state index is 0.346. The highest BCUT2D eigenvalue weighted by Gasteiger charge is 2.25. The fraction of sp³-hybridized carbons (Fsp3) is 0.190. The minimum atomic E-state index is -0.611. The standard InChI is InChI=1S/C21H19NO3/c1-3-19(20(15-22(24)25)18-10-5-4-6-11-18)21(23)13-12-17-9-7-8-16(2)14-17/h3-11,14,20H,15H2,1-2H3/b19-3-/t20-/m1/s1. The second kappa shape index (κ2) is 8.60. The van der Waals surface area contributed by atoms with Crippen molar-refractivity contribution >= 4 is 5.78 Å². The number of hydrogen-bond acceptors (Lipinski definition) is 3. The molecular weight excluding hydrogens is 314 g/mol. The summed E-state index contributed by atoms with van der Waals surface area (Å²) >= 11 is 0. The third-order valence-corrected chi connectivity index (χ3v) is 3.82. The van der Waals surface area contributed by atoms with Crippen molar-refractivity contribution in [2.24, 2.45) is 0 Å². The molecule has 1 atom stereocenters. The molecule has 0 amide bonds. The summed E-state index contributed by atoms with van der Waals surface area (Å²) in [5.41, 5.74) is 2.89. The van der Waals surface area contributed by atoms with Gasteiger partial charge in [-0.1, -0.05) is 54.5 Å². The molecule has 0 unspecified atom stereocenters. The van der Waals surface area contributed by atoms with Crippen LogP contribution >= 0.6 is 0 Å². The lowest BCUT2D eigenvalue weighted by molar-refractivity contribution is -0.481. The van der Waals surface area contributed by atoms with Crippen LogP contribution in [0.2, 0.25) is 0 Å². The summed E-state index contributed by atoms with van der Waals surface area (Å²) in [7, 11) is 0. The van der Waals surface area contributed by atoms with Crippen LogP contribution in [-0.2, 0) is 4.79 Å². The van der Waals surface area contributed by atoms with E-state index in [-0.39, 0.29) is 12.3 Å². The zero-order valence-electron chi connectivity index (χ0n) is 14.2. The van der Waals surface area contributed by atoms with Crippen molar-refractivity contribution < 1.29 is 9.72 Å². The lowest BCUT2D eigenvalue weighted by Gasteiger charge is -2.14. The van der Waals surface area contributed by atoms with Crippen LogP contribution in [0.5, 0.6) is 0 Å². The number of hydrogen-bond donors (Lipinski definition) is 0. The third kappa shape index (κ3) is 5.15. The first kappa shape index (κ1) is 18.2. The highest BCUT2D eigenvalue weighted by Crippen LogP contribution is 2.25. The van der Waals surface area contributed by atoms with Gasteiger partial charge in [0.05, 0.1) is 5.92 Å². The van der Waals surface area contributed by atoms with E-state index in [1.54, 1.807) is 37.3 Å². The molecule has 0 aliphatic carbocycles. The number of Topliss-reactive ketones (excluding diaryl/α,β-unsaturated/α-hetero) is 1. The summed E-state index contributed by atoms with van der Waals surface area (Å²) in [6.07, 6.45) is 1.62. The number of carbonyl (C=O) groups excluding carboxylic acids is 1. The van der Waals surface area contributed by atoms with E-state index in [1.807, 2.05) is 37.3 Å². The van der Waals surface area contributed by atoms with Crippen molar-refractivity contribution in [3.8, 4) is 11.8 Å². The lowest BCUT2D eigenvalue weighted by Crippen LogP contribution is -2.19. The van der Waals surface area contributed by atoms with Gasteiger partial charge in [-0.3, -0.25) is 14.9 Å². The van der Waals surface area contributed by atoms with Crippen molar-refractivity contribution in [3.05, 3.63) is 93.1 Å². The van der Waals surface area contributed by atoms with Crippen LogP contribution in [0.3, 0.4) is 0 Å². The first-order valence-corrected chi connectivity index (χ1v) is 7.97. The smallest absolute Gasteiger partial charge is 0.232 e. The van der Waals surface area contributed by atoms with Gasteiger partial charge >= 0.3 is 0 Å². The number of aryl methyl sites for hydroxylation is 1. The van der Waals surface area contributed by atoms with Crippen molar-refractivity contribution in [1.29, 1.82) is 0 Å². The molecule has 0 N–H and O–H groups in total. The summed E-state index contributed by atoms with van der Waals surface area (Å²) in [6.45, 7) is 3.31. The van der Waals surface area contributed by atoms with Gasteiger partial charge in [0, 0.05) is 16.1 Å². The molecule has 0 aliphatic heterocycles. The molecule has 2 aromatic rings. The van der Waals surface area contributed by atoms with Gasteiger partial charge in [0.25, 0.3) is 0 Å². The first-order valence-electron chi connectivity index (χ1n) is 7.97. The Morgan fingerprint density at radius 3 is 2.52 bits per heavy atom. The van der Waals surface area contributed by atoms with Crippen LogP contribution < -0.4 is 0 Å². The van der Waals surface area contributed by atoms with Gasteiger partial charge in [0.2, 0.25) is 12.3 Å². The molecule has 2 aromatic carbocycles. The van der Waals surface area contributed by atoms with E-state index in [9.17, 15) is 14.9 Å². The van der Waals surface area contributed by atoms with Gasteiger partial charge in [0.1, 0.15) is 0 Å². The average molecular weight is 333 g/mol. The molecule has 126 valence electrons. The van der Waals surface area contributed by atoms with E-state index in [1.165, 1.54) is 0 Å². The van der Waals surface area contributed by atoms with Crippen molar-refractivity contribution in [1.82, 2.24) is 0 Å². The van der Waals surface area contributed by atoms with E-state index < -0.39 is 10.8 Å². The summed E-state index contributed by atoms with van der Waals surface area (Å²) in [5.74, 6) is 4.47. The SMILES string of the molecule is C/C=C(\C(=O)C#Cc1cccc(C)c1)[C@H](C[N+](=O)[O-])c1ccccc1. The van der Waals surface area contributed by atoms with Crippen molar-refractivity contribution in [2.45, 2.75) is 19.8 Å². The highest BCUT2D eigenvalue weighted by molar-refractivity contribution is 6.09. The van der Waals surface area contributed by atoms with Crippen LogP contribution in [0.25, 0.3) is 0 Å². The molecule has 0 fully saturated rings. The van der Waals surface area contributed by atoms with Crippen molar-refractivity contribution in [3.63, 3.8) is 0 Å². The monoisotopic (exact) mass is 333 g/mol. The zero-order chi connectivity index (χ0) is 18.2. The Labute approximate surface area is 147 Å². The van der Waals surface area contributed by atoms with Crippen LogP contribution in [0, 0.1) is 28.9 Å². The van der Waals surface area contributed by atoms with E-state index in [0.29, 0.717) is 5.57 Å². The Balaban J connectivity index is 2.32. The Bertz CT molecular complexity index is 857. The maximum absolute atomic E-state index is 12.6. The topological polar surface area (TPSA) is 60.2 Å². The largest absolute Gasteiger partial charge is 0.280 e. The molecule has 0 saturated heterocycles. The number of nitro groups is 1. The predicted molar refractivity (Wildman–Crippen MR) is 97.9 cm³/mol. The quantitative estimate of drug-likeness (QED) is 0.360. The van der Waals surface area contributed by atoms with E-state index in [0.717, 1.165) is 16.7 Å². The molecule has 0 spiro atoms. The van der Waals surface area contributed by atoms with E-state index in [2.05, 4.69) is 11.8 Å². The average Bonchev–Trinajstić information content (AvgIpc) is 2.60. The lowest BCUT2D eigenvalue weighted by atomic mass is 9.88. The summed E-state index contributed by atoms with van der Waals surface area (Å²) in [5, 5.41) is 11.1. The Morgan fingerprint density at radius 2 is 1.92 bits per heavy atom. The van der Waals surface area contributed by atoms with Gasteiger partial charge in [-0.25, -0.2) is 0 Å². The van der Waals surface area contributed by atoms with Crippen LogP contribution in [-0.4, -0.2) is 17.3 Å². The maximum atomic E-state index is 12.6. The maximum Gasteiger partial charge on any atom is 0.232 e. The molecule has 0 saturated carbocycles. The van der Waals surface area contributed by atoms with Gasteiger partial charge in [0.15, 0.2) is 0 Å². The molecule has 0 radical (unpaired) electrons. The summed E-state index contributed by atoms with van der Waals surface area (Å²) in [6, 6.07) is 16.6. The van der Waals surface area contributed by atoms with Gasteiger partial charge in [-0.2, -0.15) is 0 Å². The number of allylic oxidation sites excluding steroid dienone is 1. The number of benzene rings is 2. The first-order chi connectivity index (χ1) is 12.0. The number of ketones is 1. The van der Waals surface area contributed by atoms with E-state index >= 15 is 0 Å². The number of rotatable bonds is 5. The second-order valence-corrected chi connectivity index (χ2v) is 5.67. The van der Waals surface area contributed by atoms with Gasteiger partial charge in [-0.15, -0.1) is 0 Å². The van der Waals surface area contributed by atoms with Crippen LogP contribution in [0.15, 0.2) is 66.2 Å². The Kier molecular flexibility index (Phi) is 6.25. The fourth-order valence-corrected chi connectivity index (χ4v) is 2.63. The highest BCUT2D eigenvalue weighted by atomic mass is 16.6. The minimum Gasteiger partial charge on any atom is -0.280 e. The zero-order valence-corrected chi connectivity index (χ0v) is 14.2. The molecule has 25 heavy (non-hydrogen) atoms. The summed E-state index contributed by atoms with van der Waals surface area (Å²) in [4.78, 5) is 23.2. The van der Waals surface area contributed by atoms with Crippen LogP contribution in [0.4, 0.5) is 0 Å².